The lowest BCUT2D eigenvalue weighted by Crippen LogP contribution is -2.18. The normalized spacial score (nSPS) is 11.7. The van der Waals surface area contributed by atoms with Crippen LogP contribution in [0.4, 0.5) is 5.69 Å². The van der Waals surface area contributed by atoms with Crippen molar-refractivity contribution in [1.29, 1.82) is 0 Å². The summed E-state index contributed by atoms with van der Waals surface area (Å²) in [5.41, 5.74) is 3.09. The van der Waals surface area contributed by atoms with E-state index in [1.54, 1.807) is 25.6 Å². The minimum atomic E-state index is 0.626. The van der Waals surface area contributed by atoms with Crippen molar-refractivity contribution >= 4 is 17.0 Å². The summed E-state index contributed by atoms with van der Waals surface area (Å²) in [4.78, 5) is 5.72. The Balaban J connectivity index is 2.12. The molecule has 0 N–H and O–H groups in total. The highest BCUT2D eigenvalue weighted by Gasteiger charge is 2.12. The van der Waals surface area contributed by atoms with Crippen LogP contribution in [0.1, 0.15) is 0 Å². The van der Waals surface area contributed by atoms with Gasteiger partial charge in [-0.2, -0.15) is 0 Å². The Bertz CT molecular complexity index is 853. The van der Waals surface area contributed by atoms with Crippen LogP contribution < -0.4 is 9.54 Å². The second-order valence-corrected chi connectivity index (χ2v) is 6.03. The molecule has 0 atom stereocenters. The number of methoxy groups -OCH3 is 2. The molecule has 0 saturated carbocycles. The average molecular weight is 340 g/mol. The lowest BCUT2D eigenvalue weighted by molar-refractivity contribution is 0.187. The van der Waals surface area contributed by atoms with Gasteiger partial charge in [-0.1, -0.05) is 30.3 Å². The lowest BCUT2D eigenvalue weighted by Gasteiger charge is -2.11. The van der Waals surface area contributed by atoms with Crippen LogP contribution in [0.3, 0.4) is 0 Å². The molecule has 1 heterocycles. The second kappa shape index (κ2) is 7.95. The number of benzene rings is 2. The zero-order valence-corrected chi connectivity index (χ0v) is 14.6. The van der Waals surface area contributed by atoms with Crippen molar-refractivity contribution < 1.29 is 9.47 Å². The Morgan fingerprint density at radius 2 is 1.75 bits per heavy atom. The third-order valence-corrected chi connectivity index (χ3v) is 4.54. The number of rotatable bonds is 6. The number of hydrogen-bond acceptors (Lipinski definition) is 4. The van der Waals surface area contributed by atoms with Gasteiger partial charge in [0.2, 0.25) is 0 Å². The van der Waals surface area contributed by atoms with Crippen LogP contribution in [0.15, 0.2) is 65.0 Å². The maximum atomic E-state index is 5.52. The van der Waals surface area contributed by atoms with Gasteiger partial charge >= 0.3 is 0 Å². The van der Waals surface area contributed by atoms with Crippen LogP contribution in [0.25, 0.3) is 11.3 Å². The van der Waals surface area contributed by atoms with Crippen LogP contribution >= 0.6 is 11.3 Å². The molecule has 4 nitrogen and oxygen atoms in total. The van der Waals surface area contributed by atoms with Gasteiger partial charge in [0.05, 0.1) is 25.1 Å². The summed E-state index contributed by atoms with van der Waals surface area (Å²) >= 11 is 1.62. The molecule has 0 saturated heterocycles. The summed E-state index contributed by atoms with van der Waals surface area (Å²) in [5.74, 6) is 0.854. The highest BCUT2D eigenvalue weighted by atomic mass is 32.1. The number of thiazole rings is 1. The molecule has 0 amide bonds. The van der Waals surface area contributed by atoms with E-state index in [1.807, 2.05) is 48.5 Å². The van der Waals surface area contributed by atoms with Crippen LogP contribution in [-0.4, -0.2) is 25.4 Å². The molecule has 1 aromatic heterocycles. The molecule has 0 unspecified atom stereocenters. The number of aromatic nitrogens is 1. The molecule has 0 fully saturated rings. The SMILES string of the molecule is COCCn1c(-c2ccccc2OC)csc1=Nc1ccccc1. The van der Waals surface area contributed by atoms with E-state index in [4.69, 9.17) is 14.5 Å². The molecule has 124 valence electrons. The fourth-order valence-electron chi connectivity index (χ4n) is 2.50. The summed E-state index contributed by atoms with van der Waals surface area (Å²) in [7, 11) is 3.41. The Hall–Kier alpha value is -2.37. The molecule has 24 heavy (non-hydrogen) atoms. The maximum absolute atomic E-state index is 5.52. The number of nitrogens with zero attached hydrogens (tertiary/aromatic N) is 2. The van der Waals surface area contributed by atoms with Gasteiger partial charge in [0.15, 0.2) is 4.80 Å². The third-order valence-electron chi connectivity index (χ3n) is 3.68. The fourth-order valence-corrected chi connectivity index (χ4v) is 3.45. The maximum Gasteiger partial charge on any atom is 0.190 e. The molecule has 0 aliphatic heterocycles. The first kappa shape index (κ1) is 16.5. The molecule has 3 rings (SSSR count). The zero-order valence-electron chi connectivity index (χ0n) is 13.8. The van der Waals surface area contributed by atoms with Crippen molar-refractivity contribution in [3.63, 3.8) is 0 Å². The molecule has 2 aromatic carbocycles. The molecular weight excluding hydrogens is 320 g/mol. The number of hydrogen-bond donors (Lipinski definition) is 0. The summed E-state index contributed by atoms with van der Waals surface area (Å²) in [5, 5.41) is 2.12. The molecule has 0 radical (unpaired) electrons. The highest BCUT2D eigenvalue weighted by molar-refractivity contribution is 7.07. The summed E-state index contributed by atoms with van der Waals surface area (Å²) in [6.07, 6.45) is 0. The van der Waals surface area contributed by atoms with Crippen molar-refractivity contribution in [2.45, 2.75) is 6.54 Å². The fraction of sp³-hybridized carbons (Fsp3) is 0.211. The topological polar surface area (TPSA) is 35.8 Å². The van der Waals surface area contributed by atoms with Crippen LogP contribution in [0.2, 0.25) is 0 Å². The highest BCUT2D eigenvalue weighted by Crippen LogP contribution is 2.30. The molecular formula is C19H20N2O2S. The molecule has 0 spiro atoms. The quantitative estimate of drug-likeness (QED) is 0.677. The van der Waals surface area contributed by atoms with Crippen molar-refractivity contribution in [2.75, 3.05) is 20.8 Å². The monoisotopic (exact) mass is 340 g/mol. The van der Waals surface area contributed by atoms with Crippen LogP contribution in [0, 0.1) is 0 Å². The van der Waals surface area contributed by atoms with Crippen molar-refractivity contribution in [3.8, 4) is 17.0 Å². The van der Waals surface area contributed by atoms with Crippen molar-refractivity contribution in [2.24, 2.45) is 4.99 Å². The summed E-state index contributed by atoms with van der Waals surface area (Å²) in [6.45, 7) is 1.36. The van der Waals surface area contributed by atoms with Gasteiger partial charge in [0, 0.05) is 24.6 Å². The molecule has 0 aliphatic carbocycles. The lowest BCUT2D eigenvalue weighted by atomic mass is 10.1. The Kier molecular flexibility index (Phi) is 5.46. The predicted molar refractivity (Wildman–Crippen MR) is 97.8 cm³/mol. The van der Waals surface area contributed by atoms with E-state index < -0.39 is 0 Å². The second-order valence-electron chi connectivity index (χ2n) is 5.20. The van der Waals surface area contributed by atoms with Gasteiger partial charge < -0.3 is 14.0 Å². The van der Waals surface area contributed by atoms with E-state index >= 15 is 0 Å². The molecule has 0 bridgehead atoms. The molecule has 5 heteroatoms. The van der Waals surface area contributed by atoms with E-state index in [-0.39, 0.29) is 0 Å². The zero-order chi connectivity index (χ0) is 16.8. The van der Waals surface area contributed by atoms with Gasteiger partial charge in [0.25, 0.3) is 0 Å². The Morgan fingerprint density at radius 1 is 1.00 bits per heavy atom. The number of ether oxygens (including phenoxy) is 2. The van der Waals surface area contributed by atoms with Gasteiger partial charge in [-0.25, -0.2) is 4.99 Å². The predicted octanol–water partition coefficient (Wildman–Crippen LogP) is 4.10. The first-order chi connectivity index (χ1) is 11.8. The average Bonchev–Trinajstić information content (AvgIpc) is 3.03. The van der Waals surface area contributed by atoms with E-state index in [9.17, 15) is 0 Å². The summed E-state index contributed by atoms with van der Waals surface area (Å²) < 4.78 is 13.0. The molecule has 3 aromatic rings. The molecule has 0 aliphatic rings. The third kappa shape index (κ3) is 3.58. The van der Waals surface area contributed by atoms with E-state index in [0.29, 0.717) is 6.61 Å². The largest absolute Gasteiger partial charge is 0.496 e. The van der Waals surface area contributed by atoms with Gasteiger partial charge in [-0.05, 0) is 24.3 Å². The minimum Gasteiger partial charge on any atom is -0.496 e. The minimum absolute atomic E-state index is 0.626. The first-order valence-corrected chi connectivity index (χ1v) is 8.62. The van der Waals surface area contributed by atoms with Crippen molar-refractivity contribution in [1.82, 2.24) is 4.57 Å². The van der Waals surface area contributed by atoms with Gasteiger partial charge in [0.1, 0.15) is 5.75 Å². The van der Waals surface area contributed by atoms with E-state index in [0.717, 1.165) is 34.0 Å². The summed E-state index contributed by atoms with van der Waals surface area (Å²) in [6, 6.07) is 18.0. The van der Waals surface area contributed by atoms with Gasteiger partial charge in [-0.3, -0.25) is 0 Å². The smallest absolute Gasteiger partial charge is 0.190 e. The Labute approximate surface area is 145 Å². The van der Waals surface area contributed by atoms with Crippen LogP contribution in [0.5, 0.6) is 5.75 Å². The van der Waals surface area contributed by atoms with Crippen LogP contribution in [-0.2, 0) is 11.3 Å². The Morgan fingerprint density at radius 3 is 2.50 bits per heavy atom. The standard InChI is InChI=1S/C19H20N2O2S/c1-22-13-12-21-17(16-10-6-7-11-18(16)23-2)14-24-19(21)20-15-8-4-3-5-9-15/h3-11,14H,12-13H2,1-2H3. The number of para-hydroxylation sites is 2. The van der Waals surface area contributed by atoms with E-state index in [1.165, 1.54) is 0 Å². The first-order valence-electron chi connectivity index (χ1n) is 7.74. The van der Waals surface area contributed by atoms with Gasteiger partial charge in [-0.15, -0.1) is 11.3 Å². The van der Waals surface area contributed by atoms with E-state index in [2.05, 4.69) is 16.0 Å². The van der Waals surface area contributed by atoms with Crippen molar-refractivity contribution in [3.05, 3.63) is 64.8 Å².